The summed E-state index contributed by atoms with van der Waals surface area (Å²) in [5.41, 5.74) is 7.75. The molecule has 7 nitrogen and oxygen atoms in total. The van der Waals surface area contributed by atoms with Gasteiger partial charge in [-0.3, -0.25) is 5.10 Å². The van der Waals surface area contributed by atoms with Gasteiger partial charge in [0.1, 0.15) is 17.9 Å². The van der Waals surface area contributed by atoms with Crippen LogP contribution in [0.4, 0.5) is 5.82 Å². The minimum atomic E-state index is -0.00720. The van der Waals surface area contributed by atoms with E-state index in [0.717, 1.165) is 0 Å². The summed E-state index contributed by atoms with van der Waals surface area (Å²) in [6.45, 7) is 0. The quantitative estimate of drug-likeness (QED) is 0.597. The van der Waals surface area contributed by atoms with E-state index in [2.05, 4.69) is 20.2 Å². The van der Waals surface area contributed by atoms with Crippen LogP contribution in [0.1, 0.15) is 5.56 Å². The van der Waals surface area contributed by atoms with Gasteiger partial charge in [-0.15, -0.1) is 0 Å². The zero-order chi connectivity index (χ0) is 13.4. The molecule has 0 saturated carbocycles. The lowest BCUT2D eigenvalue weighted by atomic mass is 10.1. The number of benzene rings is 1. The molecule has 7 heteroatoms. The Kier molecular flexibility index (Phi) is 2.29. The molecule has 2 heterocycles. The molecular weight excluding hydrogens is 244 g/mol. The van der Waals surface area contributed by atoms with Gasteiger partial charge in [-0.05, 0) is 18.2 Å². The van der Waals surface area contributed by atoms with Crippen LogP contribution < -0.4 is 5.73 Å². The number of aromatic nitrogens is 4. The molecule has 0 amide bonds. The number of hydrogen-bond donors (Lipinski definition) is 3. The summed E-state index contributed by atoms with van der Waals surface area (Å²) in [7, 11) is 0. The molecule has 0 aliphatic heterocycles. The van der Waals surface area contributed by atoms with Crippen molar-refractivity contribution in [2.75, 3.05) is 5.73 Å². The number of rotatable bonds is 1. The fraction of sp³-hybridized carbons (Fsp3) is 0. The highest BCUT2D eigenvalue weighted by molar-refractivity contribution is 5.98. The van der Waals surface area contributed by atoms with Gasteiger partial charge in [-0.2, -0.15) is 10.4 Å². The van der Waals surface area contributed by atoms with Crippen molar-refractivity contribution in [1.29, 1.82) is 5.26 Å². The number of aromatic hydroxyl groups is 1. The molecule has 1 aromatic carbocycles. The predicted molar refractivity (Wildman–Crippen MR) is 67.9 cm³/mol. The lowest BCUT2D eigenvalue weighted by Gasteiger charge is -2.02. The summed E-state index contributed by atoms with van der Waals surface area (Å²) in [6.07, 6.45) is 1.32. The molecule has 0 spiro atoms. The first-order chi connectivity index (χ1) is 9.19. The van der Waals surface area contributed by atoms with Crippen LogP contribution >= 0.6 is 0 Å². The Hall–Kier alpha value is -3.14. The van der Waals surface area contributed by atoms with E-state index in [9.17, 15) is 5.11 Å². The van der Waals surface area contributed by atoms with Gasteiger partial charge >= 0.3 is 0 Å². The third-order valence-corrected chi connectivity index (χ3v) is 2.72. The molecular formula is C12H8N6O. The highest BCUT2D eigenvalue weighted by atomic mass is 16.3. The average molecular weight is 252 g/mol. The molecule has 3 aromatic rings. The second-order valence-corrected chi connectivity index (χ2v) is 3.94. The number of nitrogens with one attached hydrogen (secondary N) is 1. The van der Waals surface area contributed by atoms with Gasteiger partial charge in [-0.1, -0.05) is 0 Å². The first-order valence-corrected chi connectivity index (χ1v) is 5.38. The number of H-pyrrole nitrogens is 1. The second-order valence-electron chi connectivity index (χ2n) is 3.94. The van der Waals surface area contributed by atoms with Crippen molar-refractivity contribution in [2.24, 2.45) is 0 Å². The summed E-state index contributed by atoms with van der Waals surface area (Å²) in [5, 5.41) is 25.9. The summed E-state index contributed by atoms with van der Waals surface area (Å²) >= 11 is 0. The molecule has 2 aromatic heterocycles. The molecule has 0 aliphatic carbocycles. The zero-order valence-corrected chi connectivity index (χ0v) is 9.62. The van der Waals surface area contributed by atoms with Crippen LogP contribution in [0.2, 0.25) is 0 Å². The van der Waals surface area contributed by atoms with E-state index in [1.165, 1.54) is 18.5 Å². The monoisotopic (exact) mass is 252 g/mol. The maximum atomic E-state index is 9.62. The highest BCUT2D eigenvalue weighted by Gasteiger charge is 2.13. The minimum absolute atomic E-state index is 0.00720. The maximum absolute atomic E-state index is 9.62. The smallest absolute Gasteiger partial charge is 0.186 e. The lowest BCUT2D eigenvalue weighted by molar-refractivity contribution is 0.475. The Morgan fingerprint density at radius 3 is 2.89 bits per heavy atom. The van der Waals surface area contributed by atoms with Crippen molar-refractivity contribution in [3.05, 3.63) is 30.1 Å². The van der Waals surface area contributed by atoms with Crippen molar-refractivity contribution in [2.45, 2.75) is 0 Å². The predicted octanol–water partition coefficient (Wildman–Crippen LogP) is 1.18. The first kappa shape index (κ1) is 11.0. The van der Waals surface area contributed by atoms with Crippen molar-refractivity contribution in [1.82, 2.24) is 20.2 Å². The molecule has 0 atom stereocenters. The topological polar surface area (TPSA) is 124 Å². The normalized spacial score (nSPS) is 10.5. The fourth-order valence-electron chi connectivity index (χ4n) is 1.91. The van der Waals surface area contributed by atoms with Crippen LogP contribution in [0.25, 0.3) is 22.3 Å². The lowest BCUT2D eigenvalue weighted by Crippen LogP contribution is -1.92. The van der Waals surface area contributed by atoms with Gasteiger partial charge in [0.05, 0.1) is 22.7 Å². The van der Waals surface area contributed by atoms with E-state index < -0.39 is 0 Å². The van der Waals surface area contributed by atoms with E-state index in [1.54, 1.807) is 6.07 Å². The highest BCUT2D eigenvalue weighted by Crippen LogP contribution is 2.30. The molecule has 0 fully saturated rings. The molecule has 19 heavy (non-hydrogen) atoms. The van der Waals surface area contributed by atoms with Crippen molar-refractivity contribution in [3.63, 3.8) is 0 Å². The fourth-order valence-corrected chi connectivity index (χ4v) is 1.91. The second kappa shape index (κ2) is 3.96. The summed E-state index contributed by atoms with van der Waals surface area (Å²) in [4.78, 5) is 7.90. The number of anilines is 1. The van der Waals surface area contributed by atoms with Crippen LogP contribution in [0.5, 0.6) is 5.75 Å². The number of phenols is 1. The van der Waals surface area contributed by atoms with Gasteiger partial charge in [0.25, 0.3) is 0 Å². The molecule has 0 saturated heterocycles. The molecule has 3 rings (SSSR count). The third-order valence-electron chi connectivity index (χ3n) is 2.72. The van der Waals surface area contributed by atoms with Crippen LogP contribution in [0.3, 0.4) is 0 Å². The number of nitrogens with zero attached hydrogens (tertiary/aromatic N) is 4. The Morgan fingerprint density at radius 1 is 1.26 bits per heavy atom. The largest absolute Gasteiger partial charge is 0.508 e. The first-order valence-electron chi connectivity index (χ1n) is 5.38. The van der Waals surface area contributed by atoms with Crippen LogP contribution in [0, 0.1) is 11.3 Å². The van der Waals surface area contributed by atoms with E-state index >= 15 is 0 Å². The standard InChI is InChI=1S/C12H8N6O/c13-4-6-1-7(3-8(19)2-6)10-9-11(14)15-5-16-12(9)18-17-10/h1-3,5,19H,(H3,14,15,16,17,18). The number of phenolic OH excluding ortho intramolecular Hbond substituents is 1. The van der Waals surface area contributed by atoms with E-state index in [1.807, 2.05) is 6.07 Å². The summed E-state index contributed by atoms with van der Waals surface area (Å²) in [6, 6.07) is 6.49. The number of nitrogen functional groups attached to an aromatic ring is 1. The maximum Gasteiger partial charge on any atom is 0.186 e. The summed E-state index contributed by atoms with van der Waals surface area (Å²) in [5.74, 6) is 0.280. The molecule has 0 aliphatic rings. The van der Waals surface area contributed by atoms with Crippen molar-refractivity contribution in [3.8, 4) is 23.1 Å². The number of aromatic amines is 1. The van der Waals surface area contributed by atoms with E-state index in [0.29, 0.717) is 27.9 Å². The van der Waals surface area contributed by atoms with Crippen molar-refractivity contribution < 1.29 is 5.11 Å². The van der Waals surface area contributed by atoms with Crippen molar-refractivity contribution >= 4 is 16.9 Å². The van der Waals surface area contributed by atoms with Gasteiger partial charge in [0, 0.05) is 5.56 Å². The molecule has 0 unspecified atom stereocenters. The number of nitriles is 1. The van der Waals surface area contributed by atoms with Gasteiger partial charge in [0.2, 0.25) is 0 Å². The van der Waals surface area contributed by atoms with Crippen LogP contribution in [-0.2, 0) is 0 Å². The molecule has 4 N–H and O–H groups in total. The zero-order valence-electron chi connectivity index (χ0n) is 9.62. The molecule has 92 valence electrons. The van der Waals surface area contributed by atoms with Gasteiger partial charge in [-0.25, -0.2) is 9.97 Å². The van der Waals surface area contributed by atoms with Crippen LogP contribution in [0.15, 0.2) is 24.5 Å². The SMILES string of the molecule is N#Cc1cc(O)cc(-c2[nH]nc3ncnc(N)c23)c1. The number of nitrogens with two attached hydrogens (primary N) is 1. The Labute approximate surface area is 107 Å². The Morgan fingerprint density at radius 2 is 2.11 bits per heavy atom. The van der Waals surface area contributed by atoms with E-state index in [-0.39, 0.29) is 11.6 Å². The Balaban J connectivity index is 2.31. The van der Waals surface area contributed by atoms with Crippen LogP contribution in [-0.4, -0.2) is 25.3 Å². The number of hydrogen-bond acceptors (Lipinski definition) is 6. The summed E-state index contributed by atoms with van der Waals surface area (Å²) < 4.78 is 0. The van der Waals surface area contributed by atoms with Gasteiger partial charge < -0.3 is 10.8 Å². The Bertz CT molecular complexity index is 817. The third kappa shape index (κ3) is 1.71. The van der Waals surface area contributed by atoms with Gasteiger partial charge in [0.15, 0.2) is 5.65 Å². The number of fused-ring (bicyclic) bond motifs is 1. The van der Waals surface area contributed by atoms with E-state index in [4.69, 9.17) is 11.0 Å². The average Bonchev–Trinajstić information content (AvgIpc) is 2.83. The molecule has 0 bridgehead atoms. The minimum Gasteiger partial charge on any atom is -0.508 e. The molecule has 0 radical (unpaired) electrons.